The second-order valence-corrected chi connectivity index (χ2v) is 6.64. The van der Waals surface area contributed by atoms with Gasteiger partial charge < -0.3 is 5.32 Å². The molecular formula is C13H22N2S. The number of hydrogen-bond donors (Lipinski definition) is 1. The van der Waals surface area contributed by atoms with Crippen molar-refractivity contribution in [1.29, 1.82) is 0 Å². The average Bonchev–Trinajstić information content (AvgIpc) is 2.61. The summed E-state index contributed by atoms with van der Waals surface area (Å²) in [6, 6.07) is 1.29. The number of nitrogens with zero attached hydrogens (tertiary/aromatic N) is 1. The molecule has 90 valence electrons. The van der Waals surface area contributed by atoms with Gasteiger partial charge in [0.2, 0.25) is 0 Å². The van der Waals surface area contributed by atoms with Crippen molar-refractivity contribution in [3.63, 3.8) is 0 Å². The monoisotopic (exact) mass is 238 g/mol. The highest BCUT2D eigenvalue weighted by Crippen LogP contribution is 2.36. The zero-order valence-corrected chi connectivity index (χ0v) is 10.9. The van der Waals surface area contributed by atoms with Crippen LogP contribution >= 0.6 is 11.8 Å². The lowest BCUT2D eigenvalue weighted by Gasteiger charge is -2.34. The van der Waals surface area contributed by atoms with Crippen LogP contribution in [0.4, 0.5) is 0 Å². The van der Waals surface area contributed by atoms with Gasteiger partial charge in [0.1, 0.15) is 0 Å². The summed E-state index contributed by atoms with van der Waals surface area (Å²) in [5.74, 6) is 3.09. The van der Waals surface area contributed by atoms with Crippen LogP contribution in [-0.2, 0) is 0 Å². The molecule has 3 unspecified atom stereocenters. The number of aliphatic imine (C=N–C) groups is 1. The Morgan fingerprint density at radius 1 is 1.25 bits per heavy atom. The maximum Gasteiger partial charge on any atom is 0.157 e. The summed E-state index contributed by atoms with van der Waals surface area (Å²) in [5, 5.41) is 4.88. The van der Waals surface area contributed by atoms with Crippen molar-refractivity contribution < 1.29 is 0 Å². The summed E-state index contributed by atoms with van der Waals surface area (Å²) in [4.78, 5) is 4.89. The summed E-state index contributed by atoms with van der Waals surface area (Å²) in [6.45, 7) is 2.33. The van der Waals surface area contributed by atoms with E-state index in [2.05, 4.69) is 12.2 Å². The van der Waals surface area contributed by atoms with Gasteiger partial charge in [-0.15, -0.1) is 0 Å². The van der Waals surface area contributed by atoms with Crippen LogP contribution in [0.1, 0.15) is 45.4 Å². The molecule has 0 spiro atoms. The molecule has 0 radical (unpaired) electrons. The molecule has 3 heteroatoms. The molecule has 0 aromatic heterocycles. The summed E-state index contributed by atoms with van der Waals surface area (Å²) in [7, 11) is 0. The molecule has 1 heterocycles. The van der Waals surface area contributed by atoms with Gasteiger partial charge >= 0.3 is 0 Å². The zero-order valence-electron chi connectivity index (χ0n) is 10.1. The van der Waals surface area contributed by atoms with Crippen LogP contribution in [0.25, 0.3) is 0 Å². The van der Waals surface area contributed by atoms with E-state index in [4.69, 9.17) is 4.99 Å². The lowest BCUT2D eigenvalue weighted by molar-refractivity contribution is 0.259. The molecule has 2 nitrogen and oxygen atoms in total. The standard InChI is InChI=1S/C13H22N2S/c1-9(10-4-2-5-10)14-13-15-12-7-3-6-11(12)8-16-13/h9-12H,2-8H2,1H3,(H,14,15). The predicted molar refractivity (Wildman–Crippen MR) is 71.0 cm³/mol. The molecule has 2 fully saturated rings. The van der Waals surface area contributed by atoms with Gasteiger partial charge in [0.25, 0.3) is 0 Å². The largest absolute Gasteiger partial charge is 0.362 e. The van der Waals surface area contributed by atoms with E-state index >= 15 is 0 Å². The third kappa shape index (κ3) is 2.11. The van der Waals surface area contributed by atoms with E-state index in [1.165, 1.54) is 49.4 Å². The molecule has 0 aromatic carbocycles. The van der Waals surface area contributed by atoms with Crippen LogP contribution in [0.3, 0.4) is 0 Å². The number of amidine groups is 1. The minimum absolute atomic E-state index is 0.637. The van der Waals surface area contributed by atoms with Gasteiger partial charge in [-0.25, -0.2) is 0 Å². The van der Waals surface area contributed by atoms with Crippen molar-refractivity contribution in [2.24, 2.45) is 16.8 Å². The van der Waals surface area contributed by atoms with Crippen molar-refractivity contribution in [1.82, 2.24) is 5.32 Å². The fourth-order valence-corrected chi connectivity index (χ4v) is 4.33. The maximum atomic E-state index is 4.89. The molecule has 0 aromatic rings. The van der Waals surface area contributed by atoms with Crippen molar-refractivity contribution in [2.75, 3.05) is 5.75 Å². The van der Waals surface area contributed by atoms with Crippen molar-refractivity contribution in [2.45, 2.75) is 57.5 Å². The SMILES string of the molecule is CC(NC1=NC2CCCC2CS1)C1CCC1. The smallest absolute Gasteiger partial charge is 0.157 e. The van der Waals surface area contributed by atoms with E-state index in [9.17, 15) is 0 Å². The van der Waals surface area contributed by atoms with E-state index in [-0.39, 0.29) is 0 Å². The zero-order chi connectivity index (χ0) is 11.0. The lowest BCUT2D eigenvalue weighted by Crippen LogP contribution is -2.41. The van der Waals surface area contributed by atoms with Gasteiger partial charge in [0.05, 0.1) is 6.04 Å². The fourth-order valence-electron chi connectivity index (χ4n) is 3.09. The van der Waals surface area contributed by atoms with Crippen molar-refractivity contribution in [3.05, 3.63) is 0 Å². The Kier molecular flexibility index (Phi) is 3.14. The first-order valence-electron chi connectivity index (χ1n) is 6.80. The van der Waals surface area contributed by atoms with Crippen molar-refractivity contribution >= 4 is 16.9 Å². The van der Waals surface area contributed by atoms with Gasteiger partial charge in [0.15, 0.2) is 5.17 Å². The number of rotatable bonds is 2. The second kappa shape index (κ2) is 4.59. The summed E-state index contributed by atoms with van der Waals surface area (Å²) in [6.07, 6.45) is 8.39. The number of fused-ring (bicyclic) bond motifs is 1. The van der Waals surface area contributed by atoms with Gasteiger partial charge in [-0.05, 0) is 44.4 Å². The topological polar surface area (TPSA) is 24.4 Å². The Morgan fingerprint density at radius 3 is 2.81 bits per heavy atom. The normalized spacial score (nSPS) is 36.2. The minimum Gasteiger partial charge on any atom is -0.362 e. The highest BCUT2D eigenvalue weighted by atomic mass is 32.2. The molecule has 1 N–H and O–H groups in total. The van der Waals surface area contributed by atoms with Crippen LogP contribution in [0.15, 0.2) is 4.99 Å². The van der Waals surface area contributed by atoms with E-state index in [0.29, 0.717) is 12.1 Å². The Balaban J connectivity index is 1.57. The van der Waals surface area contributed by atoms with Crippen LogP contribution in [0.2, 0.25) is 0 Å². The Labute approximate surface area is 103 Å². The fraction of sp³-hybridized carbons (Fsp3) is 0.923. The summed E-state index contributed by atoms with van der Waals surface area (Å²) < 4.78 is 0. The predicted octanol–water partition coefficient (Wildman–Crippen LogP) is 3.04. The molecule has 3 rings (SSSR count). The Bertz CT molecular complexity index is 286. The molecule has 3 aliphatic rings. The average molecular weight is 238 g/mol. The molecule has 1 aliphatic heterocycles. The third-order valence-electron chi connectivity index (χ3n) is 4.54. The highest BCUT2D eigenvalue weighted by Gasteiger charge is 2.32. The van der Waals surface area contributed by atoms with Crippen LogP contribution in [-0.4, -0.2) is 23.0 Å². The number of hydrogen-bond acceptors (Lipinski definition) is 3. The van der Waals surface area contributed by atoms with E-state index in [1.807, 2.05) is 11.8 Å². The third-order valence-corrected chi connectivity index (χ3v) is 5.64. The van der Waals surface area contributed by atoms with E-state index in [0.717, 1.165) is 11.8 Å². The van der Waals surface area contributed by atoms with Gasteiger partial charge in [-0.2, -0.15) is 0 Å². The molecule has 2 aliphatic carbocycles. The van der Waals surface area contributed by atoms with E-state index in [1.54, 1.807) is 0 Å². The first-order valence-corrected chi connectivity index (χ1v) is 7.78. The number of thioether (sulfide) groups is 1. The first kappa shape index (κ1) is 10.9. The minimum atomic E-state index is 0.637. The van der Waals surface area contributed by atoms with Gasteiger partial charge in [-0.1, -0.05) is 24.6 Å². The van der Waals surface area contributed by atoms with Crippen LogP contribution in [0, 0.1) is 11.8 Å². The summed E-state index contributed by atoms with van der Waals surface area (Å²) in [5.41, 5.74) is 0. The second-order valence-electron chi connectivity index (χ2n) is 5.63. The Hall–Kier alpha value is -0.180. The molecular weight excluding hydrogens is 216 g/mol. The maximum absolute atomic E-state index is 4.89. The van der Waals surface area contributed by atoms with Crippen LogP contribution < -0.4 is 5.32 Å². The Morgan fingerprint density at radius 2 is 2.06 bits per heavy atom. The lowest BCUT2D eigenvalue weighted by atomic mass is 9.80. The van der Waals surface area contributed by atoms with Crippen LogP contribution in [0.5, 0.6) is 0 Å². The van der Waals surface area contributed by atoms with Gasteiger partial charge in [-0.3, -0.25) is 4.99 Å². The molecule has 3 atom stereocenters. The summed E-state index contributed by atoms with van der Waals surface area (Å²) >= 11 is 1.96. The molecule has 0 saturated heterocycles. The van der Waals surface area contributed by atoms with E-state index < -0.39 is 0 Å². The quantitative estimate of drug-likeness (QED) is 0.799. The van der Waals surface area contributed by atoms with Gasteiger partial charge in [0, 0.05) is 11.8 Å². The highest BCUT2D eigenvalue weighted by molar-refractivity contribution is 8.13. The number of nitrogens with one attached hydrogen (secondary N) is 1. The molecule has 0 amide bonds. The van der Waals surface area contributed by atoms with Crippen molar-refractivity contribution in [3.8, 4) is 0 Å². The first-order chi connectivity index (χ1) is 7.83. The molecule has 0 bridgehead atoms. The molecule has 2 saturated carbocycles. The molecule has 16 heavy (non-hydrogen) atoms.